The Morgan fingerprint density at radius 3 is 2.08 bits per heavy atom. The standard InChI is InChI=1S/C24H35FN4O19P2S/c1-8(30)40-6-13(25)18-19(42-9(2)31)20(43-10(3)32)21(44-11(4)33)23(46-18)47-49(37,38)48-50(39,51)41-7-14-15(34)16(35)17(45-14)12-5-28-29(22(12)26)24(27)36/h5,13-21,23,34-35H,6-7,26H2,1-4H3,(H2,27,36)(H,37,38)(H,39,51)/t13-,14?,15?,16?,17?,18?,19?,20?,21?,23?,50?/m0/s1. The minimum Gasteiger partial charge on any atom is -0.463 e. The molecule has 27 heteroatoms. The molecule has 12 atom stereocenters. The molecule has 1 aromatic heterocycles. The van der Waals surface area contributed by atoms with E-state index >= 15 is 4.39 Å². The predicted molar refractivity (Wildman–Crippen MR) is 163 cm³/mol. The lowest BCUT2D eigenvalue weighted by Gasteiger charge is -2.44. The molecule has 2 aliphatic rings. The van der Waals surface area contributed by atoms with Crippen molar-refractivity contribution in [2.75, 3.05) is 18.9 Å². The molecule has 0 spiro atoms. The van der Waals surface area contributed by atoms with Gasteiger partial charge in [-0.25, -0.2) is 18.1 Å². The maximum Gasteiger partial charge on any atom is 0.481 e. The van der Waals surface area contributed by atoms with Crippen molar-refractivity contribution in [3.63, 3.8) is 0 Å². The number of alkyl halides is 1. The Balaban J connectivity index is 1.82. The summed E-state index contributed by atoms with van der Waals surface area (Å²) in [7, 11) is -5.75. The number of hydrogen-bond acceptors (Lipinski definition) is 20. The first kappa shape index (κ1) is 42.2. The van der Waals surface area contributed by atoms with E-state index in [4.69, 9.17) is 56.0 Å². The number of halogens is 1. The van der Waals surface area contributed by atoms with E-state index in [1.165, 1.54) is 0 Å². The minimum absolute atomic E-state index is 0.0599. The van der Waals surface area contributed by atoms with Crippen molar-refractivity contribution in [2.24, 2.45) is 5.73 Å². The highest BCUT2D eigenvalue weighted by atomic mass is 32.5. The molecule has 1 amide bonds. The number of nitrogen functional groups attached to an aromatic ring is 1. The third-order valence-corrected chi connectivity index (χ3v) is 10.3. The zero-order valence-corrected chi connectivity index (χ0v) is 29.5. The third-order valence-electron chi connectivity index (χ3n) is 6.80. The third kappa shape index (κ3) is 11.2. The van der Waals surface area contributed by atoms with Crippen molar-refractivity contribution in [3.05, 3.63) is 11.8 Å². The molecule has 51 heavy (non-hydrogen) atoms. The van der Waals surface area contributed by atoms with Gasteiger partial charge in [-0.3, -0.25) is 23.7 Å². The maximum atomic E-state index is 15.4. The van der Waals surface area contributed by atoms with E-state index in [0.29, 0.717) is 4.68 Å². The van der Waals surface area contributed by atoms with E-state index in [1.54, 1.807) is 0 Å². The van der Waals surface area contributed by atoms with Gasteiger partial charge in [0.25, 0.3) is 0 Å². The summed E-state index contributed by atoms with van der Waals surface area (Å²) >= 11 is 4.77. The summed E-state index contributed by atoms with van der Waals surface area (Å²) in [5, 5.41) is 24.6. The van der Waals surface area contributed by atoms with E-state index < -0.39 is 119 Å². The van der Waals surface area contributed by atoms with Gasteiger partial charge in [0.05, 0.1) is 12.8 Å². The van der Waals surface area contributed by atoms with Crippen LogP contribution in [0.4, 0.5) is 15.0 Å². The summed E-state index contributed by atoms with van der Waals surface area (Å²) in [4.78, 5) is 79.8. The lowest BCUT2D eigenvalue weighted by atomic mass is 9.95. The second-order valence-electron chi connectivity index (χ2n) is 10.7. The molecule has 2 saturated heterocycles. The van der Waals surface area contributed by atoms with Crippen molar-refractivity contribution in [2.45, 2.75) is 89.0 Å². The minimum atomic E-state index is -5.75. The van der Waals surface area contributed by atoms with Gasteiger partial charge in [-0.15, -0.1) is 0 Å². The van der Waals surface area contributed by atoms with Crippen LogP contribution in [-0.2, 0) is 77.3 Å². The number of amides is 1. The van der Waals surface area contributed by atoms with Crippen LogP contribution < -0.4 is 11.5 Å². The fraction of sp³-hybridized carbons (Fsp3) is 0.667. The van der Waals surface area contributed by atoms with Gasteiger partial charge < -0.3 is 64.4 Å². The number of phosphoric acid groups is 1. The lowest BCUT2D eigenvalue weighted by Crippen LogP contribution is -2.64. The number of esters is 4. The number of primary amides is 1. The highest BCUT2D eigenvalue weighted by molar-refractivity contribution is 8.08. The molecular formula is C24H35FN4O19P2S. The van der Waals surface area contributed by atoms with Crippen LogP contribution >= 0.6 is 14.5 Å². The number of aliphatic hydroxyl groups is 2. The van der Waals surface area contributed by atoms with Crippen LogP contribution in [0.5, 0.6) is 0 Å². The van der Waals surface area contributed by atoms with Crippen LogP contribution in [0.2, 0.25) is 0 Å². The monoisotopic (exact) mass is 796 g/mol. The summed E-state index contributed by atoms with van der Waals surface area (Å²) in [5.41, 5.74) is 10.9. The largest absolute Gasteiger partial charge is 0.481 e. The Labute approximate surface area is 291 Å². The fourth-order valence-corrected chi connectivity index (χ4v) is 7.95. The zero-order valence-electron chi connectivity index (χ0n) is 26.9. The number of nitrogens with zero attached hydrogens (tertiary/aromatic N) is 2. The Morgan fingerprint density at radius 2 is 1.55 bits per heavy atom. The van der Waals surface area contributed by atoms with Crippen LogP contribution in [0, 0.1) is 0 Å². The van der Waals surface area contributed by atoms with Crippen LogP contribution in [0.25, 0.3) is 0 Å². The van der Waals surface area contributed by atoms with Gasteiger partial charge in [0.1, 0.15) is 42.9 Å². The number of phosphoric ester groups is 1. The molecule has 11 unspecified atom stereocenters. The number of carbonyl (C=O) groups is 5. The van der Waals surface area contributed by atoms with Crippen molar-refractivity contribution >= 4 is 62.1 Å². The number of ether oxygens (including phenoxy) is 6. The highest BCUT2D eigenvalue weighted by Crippen LogP contribution is 2.62. The second-order valence-corrected chi connectivity index (χ2v) is 15.1. The lowest BCUT2D eigenvalue weighted by molar-refractivity contribution is -0.296. The smallest absolute Gasteiger partial charge is 0.463 e. The summed E-state index contributed by atoms with van der Waals surface area (Å²) in [5.74, 6) is -4.56. The van der Waals surface area contributed by atoms with Crippen LogP contribution in [-0.4, -0.2) is 128 Å². The molecule has 0 saturated carbocycles. The van der Waals surface area contributed by atoms with E-state index in [-0.39, 0.29) is 11.4 Å². The van der Waals surface area contributed by atoms with Gasteiger partial charge in [-0.1, -0.05) is 0 Å². The molecule has 8 N–H and O–H groups in total. The molecular weight excluding hydrogens is 761 g/mol. The molecule has 3 rings (SSSR count). The quantitative estimate of drug-likeness (QED) is 0.0697. The first-order valence-electron chi connectivity index (χ1n) is 14.3. The van der Waals surface area contributed by atoms with Gasteiger partial charge in [0.15, 0.2) is 24.5 Å². The Kier molecular flexibility index (Phi) is 14.2. The Bertz CT molecular complexity index is 1580. The molecule has 0 aromatic carbocycles. The van der Waals surface area contributed by atoms with E-state index in [2.05, 4.69) is 14.1 Å². The topological polar surface area (TPSA) is 336 Å². The molecule has 2 fully saturated rings. The maximum absolute atomic E-state index is 15.4. The van der Waals surface area contributed by atoms with E-state index in [0.717, 1.165) is 33.9 Å². The number of nitrogens with two attached hydrogens (primary N) is 2. The van der Waals surface area contributed by atoms with Crippen molar-refractivity contribution < 1.29 is 94.7 Å². The summed E-state index contributed by atoms with van der Waals surface area (Å²) in [6, 6.07) is -1.06. The summed E-state index contributed by atoms with van der Waals surface area (Å²) in [6.45, 7) is -3.27. The number of aromatic nitrogens is 2. The Morgan fingerprint density at radius 1 is 0.980 bits per heavy atom. The van der Waals surface area contributed by atoms with Crippen LogP contribution in [0.3, 0.4) is 0 Å². The van der Waals surface area contributed by atoms with Crippen LogP contribution in [0.1, 0.15) is 39.4 Å². The molecule has 0 bridgehead atoms. The summed E-state index contributed by atoms with van der Waals surface area (Å²) < 4.78 is 74.5. The number of anilines is 1. The predicted octanol–water partition coefficient (Wildman–Crippen LogP) is -1.66. The van der Waals surface area contributed by atoms with Gasteiger partial charge in [0.2, 0.25) is 6.29 Å². The van der Waals surface area contributed by atoms with E-state index in [9.17, 15) is 48.5 Å². The van der Waals surface area contributed by atoms with Gasteiger partial charge in [0, 0.05) is 33.3 Å². The van der Waals surface area contributed by atoms with Crippen molar-refractivity contribution in [1.29, 1.82) is 0 Å². The van der Waals surface area contributed by atoms with Crippen molar-refractivity contribution in [1.82, 2.24) is 9.78 Å². The number of carbonyl (C=O) groups excluding carboxylic acids is 5. The Hall–Kier alpha value is -3.19. The molecule has 23 nitrogen and oxygen atoms in total. The molecule has 2 aliphatic heterocycles. The summed E-state index contributed by atoms with van der Waals surface area (Å²) in [6.07, 6.45) is -18.2. The normalized spacial score (nSPS) is 30.6. The van der Waals surface area contributed by atoms with Gasteiger partial charge in [-0.2, -0.15) is 9.78 Å². The molecule has 1 aromatic rings. The average molecular weight is 797 g/mol. The number of aliphatic hydroxyl groups excluding tert-OH is 2. The first-order valence-corrected chi connectivity index (χ1v) is 18.4. The van der Waals surface area contributed by atoms with E-state index in [1.807, 2.05) is 0 Å². The number of rotatable bonds is 14. The SMILES string of the molecule is CC(=O)OC[C@H](F)C1OC(OP(=O)(O)OP(O)(=S)OCC2OC(c3cnn(C(N)=O)c3N)C(O)C2O)C(OC(C)=O)C(OC(C)=O)C1OC(C)=O. The van der Waals surface area contributed by atoms with Crippen molar-refractivity contribution in [3.8, 4) is 0 Å². The average Bonchev–Trinajstić information content (AvgIpc) is 3.50. The molecule has 288 valence electrons. The first-order chi connectivity index (χ1) is 23.5. The van der Waals surface area contributed by atoms with Gasteiger partial charge >= 0.3 is 44.4 Å². The van der Waals surface area contributed by atoms with Gasteiger partial charge in [-0.05, 0) is 11.8 Å². The fourth-order valence-electron chi connectivity index (χ4n) is 4.85. The highest BCUT2D eigenvalue weighted by Gasteiger charge is 2.57. The molecule has 0 radical (unpaired) electrons. The molecule has 3 heterocycles. The zero-order chi connectivity index (χ0) is 38.6. The number of hydrogen-bond donors (Lipinski definition) is 6. The molecule has 0 aliphatic carbocycles. The van der Waals surface area contributed by atoms with Crippen LogP contribution in [0.15, 0.2) is 6.20 Å². The second kappa shape index (κ2) is 17.1.